The Kier molecular flexibility index (Phi) is 3.41. The maximum atomic E-state index is 12.2. The number of carbonyl (C=O) groups is 1. The molecule has 2 aromatic rings. The molecule has 120 valence electrons. The van der Waals surface area contributed by atoms with Crippen molar-refractivity contribution in [3.8, 4) is 0 Å². The number of aromatic nitrogens is 2. The molecule has 0 aromatic carbocycles. The molecule has 0 N–H and O–H groups in total. The summed E-state index contributed by atoms with van der Waals surface area (Å²) in [6, 6.07) is 5.36. The summed E-state index contributed by atoms with van der Waals surface area (Å²) in [6.45, 7) is 4.42. The highest BCUT2D eigenvalue weighted by Crippen LogP contribution is 2.30. The van der Waals surface area contributed by atoms with Crippen LogP contribution in [0, 0.1) is 12.8 Å². The first kappa shape index (κ1) is 14.4. The number of nitrogens with zero attached hydrogens (tertiary/aromatic N) is 4. The molecule has 1 aliphatic heterocycles. The second-order valence-electron chi connectivity index (χ2n) is 6.66. The summed E-state index contributed by atoms with van der Waals surface area (Å²) < 4.78 is 1.56. The molecule has 2 aromatic heterocycles. The number of amides is 1. The van der Waals surface area contributed by atoms with Crippen molar-refractivity contribution < 1.29 is 4.79 Å². The van der Waals surface area contributed by atoms with Crippen LogP contribution in [0.15, 0.2) is 29.2 Å². The van der Waals surface area contributed by atoms with Crippen molar-refractivity contribution in [3.05, 3.63) is 46.0 Å². The third kappa shape index (κ3) is 2.86. The van der Waals surface area contributed by atoms with E-state index in [4.69, 9.17) is 0 Å². The lowest BCUT2D eigenvalue weighted by molar-refractivity contribution is -0.126. The topological polar surface area (TPSA) is 57.9 Å². The van der Waals surface area contributed by atoms with Gasteiger partial charge in [-0.15, -0.1) is 0 Å². The molecule has 3 heterocycles. The Morgan fingerprint density at radius 2 is 2.13 bits per heavy atom. The molecule has 0 radical (unpaired) electrons. The van der Waals surface area contributed by atoms with E-state index in [0.29, 0.717) is 31.3 Å². The second-order valence-corrected chi connectivity index (χ2v) is 6.66. The predicted molar refractivity (Wildman–Crippen MR) is 85.9 cm³/mol. The first-order valence-corrected chi connectivity index (χ1v) is 8.08. The molecule has 23 heavy (non-hydrogen) atoms. The van der Waals surface area contributed by atoms with E-state index in [1.807, 2.05) is 24.0 Å². The Labute approximate surface area is 134 Å². The predicted octanol–water partition coefficient (Wildman–Crippen LogP) is 1.01. The first-order chi connectivity index (χ1) is 11.1. The summed E-state index contributed by atoms with van der Waals surface area (Å²) in [6.07, 6.45) is 4.22. The fourth-order valence-electron chi connectivity index (χ4n) is 3.16. The van der Waals surface area contributed by atoms with E-state index in [9.17, 15) is 9.59 Å². The number of carbonyl (C=O) groups excluding carboxylic acids is 1. The van der Waals surface area contributed by atoms with Crippen molar-refractivity contribution in [2.75, 3.05) is 19.8 Å². The van der Waals surface area contributed by atoms with E-state index < -0.39 is 0 Å². The standard InChI is InChI=1S/C17H20N4O2/c1-12-3-2-6-21-15(22)7-14(18-17(12)21)9-19-10-16(23)20(11-19)8-13-4-5-13/h2-3,6-7,13H,4-5,8-11H2,1H3. The smallest absolute Gasteiger partial charge is 0.258 e. The maximum Gasteiger partial charge on any atom is 0.258 e. The van der Waals surface area contributed by atoms with Gasteiger partial charge in [-0.3, -0.25) is 18.9 Å². The van der Waals surface area contributed by atoms with E-state index >= 15 is 0 Å². The van der Waals surface area contributed by atoms with Gasteiger partial charge in [-0.2, -0.15) is 0 Å². The fraction of sp³-hybridized carbons (Fsp3) is 0.471. The molecule has 1 saturated heterocycles. The Hall–Kier alpha value is -2.21. The molecule has 0 atom stereocenters. The van der Waals surface area contributed by atoms with Crippen molar-refractivity contribution in [2.24, 2.45) is 5.92 Å². The highest BCUT2D eigenvalue weighted by molar-refractivity contribution is 5.80. The summed E-state index contributed by atoms with van der Waals surface area (Å²) >= 11 is 0. The van der Waals surface area contributed by atoms with Crippen LogP contribution in [-0.4, -0.2) is 44.8 Å². The third-order valence-corrected chi connectivity index (χ3v) is 4.58. The second kappa shape index (κ2) is 5.45. The highest BCUT2D eigenvalue weighted by Gasteiger charge is 2.32. The average molecular weight is 312 g/mol. The Morgan fingerprint density at radius 3 is 2.91 bits per heavy atom. The number of fused-ring (bicyclic) bond motifs is 1. The van der Waals surface area contributed by atoms with Gasteiger partial charge in [0.25, 0.3) is 5.56 Å². The van der Waals surface area contributed by atoms with Gasteiger partial charge in [-0.25, -0.2) is 4.98 Å². The molecule has 1 amide bonds. The van der Waals surface area contributed by atoms with Crippen LogP contribution >= 0.6 is 0 Å². The molecule has 2 fully saturated rings. The van der Waals surface area contributed by atoms with Crippen molar-refractivity contribution in [1.29, 1.82) is 0 Å². The lowest BCUT2D eigenvalue weighted by Gasteiger charge is -2.17. The normalized spacial score (nSPS) is 19.0. The van der Waals surface area contributed by atoms with Crippen LogP contribution in [-0.2, 0) is 11.3 Å². The van der Waals surface area contributed by atoms with Gasteiger partial charge in [-0.1, -0.05) is 6.07 Å². The van der Waals surface area contributed by atoms with Gasteiger partial charge < -0.3 is 4.90 Å². The lowest BCUT2D eigenvalue weighted by atomic mass is 10.3. The summed E-state index contributed by atoms with van der Waals surface area (Å²) in [5, 5.41) is 0. The van der Waals surface area contributed by atoms with E-state index in [2.05, 4.69) is 9.88 Å². The quantitative estimate of drug-likeness (QED) is 0.845. The lowest BCUT2D eigenvalue weighted by Crippen LogP contribution is -2.29. The highest BCUT2D eigenvalue weighted by atomic mass is 16.2. The molecule has 0 spiro atoms. The van der Waals surface area contributed by atoms with Crippen LogP contribution in [0.2, 0.25) is 0 Å². The van der Waals surface area contributed by atoms with E-state index in [1.54, 1.807) is 16.7 Å². The number of hydrogen-bond donors (Lipinski definition) is 0. The monoisotopic (exact) mass is 312 g/mol. The van der Waals surface area contributed by atoms with E-state index in [-0.39, 0.29) is 11.5 Å². The zero-order valence-corrected chi connectivity index (χ0v) is 13.2. The number of rotatable bonds is 4. The van der Waals surface area contributed by atoms with Gasteiger partial charge in [0.15, 0.2) is 0 Å². The summed E-state index contributed by atoms with van der Waals surface area (Å²) in [5.74, 6) is 0.885. The molecule has 1 aliphatic carbocycles. The minimum atomic E-state index is -0.0749. The number of pyridine rings is 1. The molecule has 6 nitrogen and oxygen atoms in total. The van der Waals surface area contributed by atoms with Crippen LogP contribution < -0.4 is 5.56 Å². The van der Waals surface area contributed by atoms with E-state index in [1.165, 1.54) is 12.8 Å². The summed E-state index contributed by atoms with van der Waals surface area (Å²) in [4.78, 5) is 32.9. The number of hydrogen-bond acceptors (Lipinski definition) is 4. The van der Waals surface area contributed by atoms with Crippen molar-refractivity contribution in [3.63, 3.8) is 0 Å². The largest absolute Gasteiger partial charge is 0.328 e. The minimum absolute atomic E-state index is 0.0749. The van der Waals surface area contributed by atoms with Crippen LogP contribution in [0.3, 0.4) is 0 Å². The SMILES string of the molecule is Cc1cccn2c(=O)cc(CN3CC(=O)N(CC4CC4)C3)nc12. The van der Waals surface area contributed by atoms with Crippen LogP contribution in [0.4, 0.5) is 0 Å². The van der Waals surface area contributed by atoms with Gasteiger partial charge in [0.2, 0.25) is 5.91 Å². The molecule has 2 aliphatic rings. The molecule has 1 saturated carbocycles. The molecule has 4 rings (SSSR count). The van der Waals surface area contributed by atoms with Gasteiger partial charge in [0, 0.05) is 25.4 Å². The fourth-order valence-corrected chi connectivity index (χ4v) is 3.16. The third-order valence-electron chi connectivity index (χ3n) is 4.58. The zero-order valence-electron chi connectivity index (χ0n) is 13.2. The van der Waals surface area contributed by atoms with Crippen LogP contribution in [0.25, 0.3) is 5.65 Å². The Bertz CT molecular complexity index is 825. The average Bonchev–Trinajstić information content (AvgIpc) is 3.25. The molecular weight excluding hydrogens is 292 g/mol. The van der Waals surface area contributed by atoms with Gasteiger partial charge in [-0.05, 0) is 37.3 Å². The molecular formula is C17H20N4O2. The summed E-state index contributed by atoms with van der Waals surface area (Å²) in [5.41, 5.74) is 2.31. The van der Waals surface area contributed by atoms with Gasteiger partial charge in [0.1, 0.15) is 5.65 Å². The van der Waals surface area contributed by atoms with Crippen LogP contribution in [0.1, 0.15) is 24.1 Å². The number of aryl methyl sites for hydroxylation is 1. The summed E-state index contributed by atoms with van der Waals surface area (Å²) in [7, 11) is 0. The zero-order chi connectivity index (χ0) is 16.0. The first-order valence-electron chi connectivity index (χ1n) is 8.08. The Morgan fingerprint density at radius 1 is 1.30 bits per heavy atom. The van der Waals surface area contributed by atoms with Crippen molar-refractivity contribution in [2.45, 2.75) is 26.3 Å². The van der Waals surface area contributed by atoms with Gasteiger partial charge >= 0.3 is 0 Å². The maximum absolute atomic E-state index is 12.2. The Balaban J connectivity index is 1.55. The molecule has 0 unspecified atom stereocenters. The van der Waals surface area contributed by atoms with Gasteiger partial charge in [0.05, 0.1) is 18.9 Å². The van der Waals surface area contributed by atoms with Crippen molar-refractivity contribution >= 4 is 11.6 Å². The van der Waals surface area contributed by atoms with Crippen molar-refractivity contribution in [1.82, 2.24) is 19.2 Å². The molecule has 6 heteroatoms. The minimum Gasteiger partial charge on any atom is -0.328 e. The van der Waals surface area contributed by atoms with Crippen LogP contribution in [0.5, 0.6) is 0 Å². The van der Waals surface area contributed by atoms with E-state index in [0.717, 1.165) is 17.8 Å². The molecule has 0 bridgehead atoms.